The predicted octanol–water partition coefficient (Wildman–Crippen LogP) is 3.60. The zero-order valence-corrected chi connectivity index (χ0v) is 12.7. The van der Waals surface area contributed by atoms with Crippen LogP contribution in [0.3, 0.4) is 0 Å². The molecule has 1 saturated heterocycles. The number of aliphatic hydroxyl groups excluding tert-OH is 1. The first-order valence-corrected chi connectivity index (χ1v) is 7.49. The number of hydrogen-bond acceptors (Lipinski definition) is 2. The van der Waals surface area contributed by atoms with Crippen molar-refractivity contribution >= 4 is 0 Å². The molecule has 0 bridgehead atoms. The predicted molar refractivity (Wildman–Crippen MR) is 80.4 cm³/mol. The Hall–Kier alpha value is -0.860. The van der Waals surface area contributed by atoms with Crippen molar-refractivity contribution in [1.29, 1.82) is 0 Å². The van der Waals surface area contributed by atoms with Crippen molar-refractivity contribution in [2.45, 2.75) is 65.1 Å². The van der Waals surface area contributed by atoms with E-state index in [0.717, 1.165) is 12.1 Å². The van der Waals surface area contributed by atoms with E-state index in [1.807, 2.05) is 0 Å². The van der Waals surface area contributed by atoms with Gasteiger partial charge < -0.3 is 5.11 Å². The third-order valence-electron chi connectivity index (χ3n) is 4.39. The average Bonchev–Trinajstić information content (AvgIpc) is 2.32. The third kappa shape index (κ3) is 3.58. The summed E-state index contributed by atoms with van der Waals surface area (Å²) >= 11 is 0. The highest BCUT2D eigenvalue weighted by atomic mass is 16.3. The molecule has 1 unspecified atom stereocenters. The topological polar surface area (TPSA) is 23.5 Å². The van der Waals surface area contributed by atoms with Crippen LogP contribution in [0.2, 0.25) is 0 Å². The standard InChI is InChI=1S/C17H27NO/c1-12-8-13(2)10-16(9-12)17(19)11-18-14(3)6-5-7-15(18)4/h8-10,14-15,17,19H,5-7,11H2,1-4H3/t14-,15+,17?. The molecule has 0 saturated carbocycles. The maximum Gasteiger partial charge on any atom is 0.0917 e. The first-order valence-electron chi connectivity index (χ1n) is 7.49. The number of aliphatic hydroxyl groups is 1. The van der Waals surface area contributed by atoms with Gasteiger partial charge in [-0.2, -0.15) is 0 Å². The van der Waals surface area contributed by atoms with Crippen molar-refractivity contribution in [2.75, 3.05) is 6.54 Å². The minimum atomic E-state index is -0.374. The highest BCUT2D eigenvalue weighted by Gasteiger charge is 2.26. The fourth-order valence-corrected chi connectivity index (χ4v) is 3.34. The van der Waals surface area contributed by atoms with Gasteiger partial charge in [-0.1, -0.05) is 35.7 Å². The highest BCUT2D eigenvalue weighted by Crippen LogP contribution is 2.26. The Balaban J connectivity index is 2.09. The van der Waals surface area contributed by atoms with E-state index in [1.165, 1.54) is 30.4 Å². The van der Waals surface area contributed by atoms with Gasteiger partial charge >= 0.3 is 0 Å². The van der Waals surface area contributed by atoms with Gasteiger partial charge in [-0.05, 0) is 46.1 Å². The Morgan fingerprint density at radius 3 is 2.16 bits per heavy atom. The van der Waals surface area contributed by atoms with Crippen molar-refractivity contribution in [2.24, 2.45) is 0 Å². The Labute approximate surface area is 117 Å². The lowest BCUT2D eigenvalue weighted by Crippen LogP contribution is -2.45. The second kappa shape index (κ2) is 6.06. The quantitative estimate of drug-likeness (QED) is 0.898. The number of piperidine rings is 1. The molecule has 0 aliphatic carbocycles. The largest absolute Gasteiger partial charge is 0.387 e. The second-order valence-electron chi connectivity index (χ2n) is 6.26. The molecular formula is C17H27NO. The second-order valence-corrected chi connectivity index (χ2v) is 6.26. The van der Waals surface area contributed by atoms with Crippen LogP contribution in [0, 0.1) is 13.8 Å². The summed E-state index contributed by atoms with van der Waals surface area (Å²) in [5.74, 6) is 0. The summed E-state index contributed by atoms with van der Waals surface area (Å²) in [5.41, 5.74) is 3.52. The van der Waals surface area contributed by atoms with E-state index >= 15 is 0 Å². The Morgan fingerprint density at radius 2 is 1.63 bits per heavy atom. The first kappa shape index (κ1) is 14.5. The fraction of sp³-hybridized carbons (Fsp3) is 0.647. The molecule has 3 atom stereocenters. The van der Waals surface area contributed by atoms with Crippen LogP contribution >= 0.6 is 0 Å². The molecule has 0 aromatic heterocycles. The van der Waals surface area contributed by atoms with Gasteiger partial charge in [0.15, 0.2) is 0 Å². The van der Waals surface area contributed by atoms with Gasteiger partial charge in [0.1, 0.15) is 0 Å². The fourth-order valence-electron chi connectivity index (χ4n) is 3.34. The monoisotopic (exact) mass is 261 g/mol. The molecule has 0 amide bonds. The van der Waals surface area contributed by atoms with Gasteiger partial charge in [0.2, 0.25) is 0 Å². The van der Waals surface area contributed by atoms with E-state index in [9.17, 15) is 5.11 Å². The van der Waals surface area contributed by atoms with Crippen molar-refractivity contribution in [3.8, 4) is 0 Å². The van der Waals surface area contributed by atoms with Gasteiger partial charge in [-0.25, -0.2) is 0 Å². The third-order valence-corrected chi connectivity index (χ3v) is 4.39. The molecule has 1 aliphatic heterocycles. The summed E-state index contributed by atoms with van der Waals surface area (Å²) in [7, 11) is 0. The highest BCUT2D eigenvalue weighted by molar-refractivity contribution is 5.30. The van der Waals surface area contributed by atoms with Crippen LogP contribution in [0.5, 0.6) is 0 Å². The summed E-state index contributed by atoms with van der Waals surface area (Å²) < 4.78 is 0. The molecule has 1 aromatic rings. The molecule has 2 nitrogen and oxygen atoms in total. The molecule has 0 radical (unpaired) electrons. The zero-order chi connectivity index (χ0) is 14.0. The van der Waals surface area contributed by atoms with Crippen LogP contribution in [0.15, 0.2) is 18.2 Å². The molecule has 0 spiro atoms. The normalized spacial score (nSPS) is 26.4. The zero-order valence-electron chi connectivity index (χ0n) is 12.7. The van der Waals surface area contributed by atoms with Crippen LogP contribution in [-0.2, 0) is 0 Å². The van der Waals surface area contributed by atoms with E-state index in [0.29, 0.717) is 12.1 Å². The molecular weight excluding hydrogens is 234 g/mol. The van der Waals surface area contributed by atoms with E-state index in [-0.39, 0.29) is 6.10 Å². The van der Waals surface area contributed by atoms with Crippen molar-refractivity contribution in [1.82, 2.24) is 4.90 Å². The number of rotatable bonds is 3. The van der Waals surface area contributed by atoms with E-state index in [1.54, 1.807) is 0 Å². The smallest absolute Gasteiger partial charge is 0.0917 e. The number of benzene rings is 1. The van der Waals surface area contributed by atoms with Crippen molar-refractivity contribution < 1.29 is 5.11 Å². The van der Waals surface area contributed by atoms with Crippen LogP contribution < -0.4 is 0 Å². The molecule has 1 aliphatic rings. The number of aryl methyl sites for hydroxylation is 2. The number of hydrogen-bond donors (Lipinski definition) is 1. The molecule has 19 heavy (non-hydrogen) atoms. The summed E-state index contributed by atoms with van der Waals surface area (Å²) in [4.78, 5) is 2.46. The Kier molecular flexibility index (Phi) is 4.64. The average molecular weight is 261 g/mol. The Morgan fingerprint density at radius 1 is 1.11 bits per heavy atom. The maximum atomic E-state index is 10.5. The first-order chi connectivity index (χ1) is 8.97. The van der Waals surface area contributed by atoms with E-state index in [4.69, 9.17) is 0 Å². The van der Waals surface area contributed by atoms with Crippen LogP contribution in [0.4, 0.5) is 0 Å². The molecule has 1 aromatic carbocycles. The van der Waals surface area contributed by atoms with Gasteiger partial charge in [0.05, 0.1) is 6.10 Å². The summed E-state index contributed by atoms with van der Waals surface area (Å²) in [6.45, 7) is 9.50. The lowest BCUT2D eigenvalue weighted by Gasteiger charge is -2.40. The molecule has 2 rings (SSSR count). The van der Waals surface area contributed by atoms with Crippen LogP contribution in [-0.4, -0.2) is 28.6 Å². The summed E-state index contributed by atoms with van der Waals surface area (Å²) in [6.07, 6.45) is 3.45. The van der Waals surface area contributed by atoms with Gasteiger partial charge in [-0.3, -0.25) is 4.90 Å². The summed E-state index contributed by atoms with van der Waals surface area (Å²) in [5, 5.41) is 10.5. The van der Waals surface area contributed by atoms with Gasteiger partial charge in [-0.15, -0.1) is 0 Å². The minimum absolute atomic E-state index is 0.374. The molecule has 1 heterocycles. The molecule has 1 fully saturated rings. The van der Waals surface area contributed by atoms with Gasteiger partial charge in [0, 0.05) is 18.6 Å². The Bertz CT molecular complexity index is 399. The van der Waals surface area contributed by atoms with Crippen molar-refractivity contribution in [3.63, 3.8) is 0 Å². The lowest BCUT2D eigenvalue weighted by atomic mass is 9.95. The molecule has 106 valence electrons. The van der Waals surface area contributed by atoms with Crippen molar-refractivity contribution in [3.05, 3.63) is 34.9 Å². The number of β-amino-alcohol motifs (C(OH)–C–C–N with tert-alkyl or cyclic N) is 1. The SMILES string of the molecule is Cc1cc(C)cc(C(O)CN2[C@H](C)CCC[C@@H]2C)c1. The summed E-state index contributed by atoms with van der Waals surface area (Å²) in [6, 6.07) is 7.55. The maximum absolute atomic E-state index is 10.5. The minimum Gasteiger partial charge on any atom is -0.387 e. The number of nitrogens with zero attached hydrogens (tertiary/aromatic N) is 1. The lowest BCUT2D eigenvalue weighted by molar-refractivity contribution is 0.0411. The van der Waals surface area contributed by atoms with E-state index in [2.05, 4.69) is 50.8 Å². The van der Waals surface area contributed by atoms with Crippen LogP contribution in [0.25, 0.3) is 0 Å². The number of likely N-dealkylation sites (tertiary alicyclic amines) is 1. The van der Waals surface area contributed by atoms with Gasteiger partial charge in [0.25, 0.3) is 0 Å². The molecule has 1 N–H and O–H groups in total. The van der Waals surface area contributed by atoms with E-state index < -0.39 is 0 Å². The van der Waals surface area contributed by atoms with Crippen LogP contribution in [0.1, 0.15) is 55.9 Å². The molecule has 2 heteroatoms.